The lowest BCUT2D eigenvalue weighted by atomic mass is 9.96. The molecule has 0 fully saturated rings. The molecule has 2 rings (SSSR count). The Morgan fingerprint density at radius 3 is 2.82 bits per heavy atom. The topological polar surface area (TPSA) is 0 Å². The Balaban J connectivity index is 2.38. The van der Waals surface area contributed by atoms with Gasteiger partial charge in [-0.05, 0) is 48.1 Å². The van der Waals surface area contributed by atoms with Crippen LogP contribution in [0.3, 0.4) is 0 Å². The van der Waals surface area contributed by atoms with Crippen molar-refractivity contribution < 1.29 is 0 Å². The van der Waals surface area contributed by atoms with Gasteiger partial charge in [0.15, 0.2) is 0 Å². The molecule has 1 aromatic carbocycles. The van der Waals surface area contributed by atoms with Gasteiger partial charge in [0.25, 0.3) is 0 Å². The molecule has 0 saturated heterocycles. The summed E-state index contributed by atoms with van der Waals surface area (Å²) in [6.07, 6.45) is 13.1. The highest BCUT2D eigenvalue weighted by Gasteiger charge is 2.03. The summed E-state index contributed by atoms with van der Waals surface area (Å²) >= 11 is 0. The van der Waals surface area contributed by atoms with Gasteiger partial charge in [-0.25, -0.2) is 0 Å². The van der Waals surface area contributed by atoms with Gasteiger partial charge in [0.05, 0.1) is 0 Å². The fourth-order valence-electron chi connectivity index (χ4n) is 2.11. The highest BCUT2D eigenvalue weighted by Crippen LogP contribution is 2.24. The average molecular weight is 222 g/mol. The van der Waals surface area contributed by atoms with Crippen LogP contribution in [0.5, 0.6) is 0 Å². The molecule has 0 nitrogen and oxygen atoms in total. The van der Waals surface area contributed by atoms with E-state index in [4.69, 9.17) is 0 Å². The van der Waals surface area contributed by atoms with Crippen molar-refractivity contribution in [2.24, 2.45) is 0 Å². The van der Waals surface area contributed by atoms with Crippen molar-refractivity contribution in [2.75, 3.05) is 0 Å². The molecule has 17 heavy (non-hydrogen) atoms. The van der Waals surface area contributed by atoms with E-state index in [-0.39, 0.29) is 0 Å². The summed E-state index contributed by atoms with van der Waals surface area (Å²) in [4.78, 5) is 0. The predicted molar refractivity (Wildman–Crippen MR) is 76.6 cm³/mol. The van der Waals surface area contributed by atoms with Gasteiger partial charge >= 0.3 is 0 Å². The Morgan fingerprint density at radius 2 is 2.18 bits per heavy atom. The highest BCUT2D eigenvalue weighted by molar-refractivity contribution is 5.80. The highest BCUT2D eigenvalue weighted by atomic mass is 14.1. The minimum Gasteiger partial charge on any atom is -0.0985 e. The van der Waals surface area contributed by atoms with Crippen molar-refractivity contribution in [1.82, 2.24) is 0 Å². The first-order valence-corrected chi connectivity index (χ1v) is 6.11. The Hall–Kier alpha value is -1.82. The number of rotatable bonds is 3. The van der Waals surface area contributed by atoms with Crippen LogP contribution in [-0.4, -0.2) is 0 Å². The lowest BCUT2D eigenvalue weighted by molar-refractivity contribution is 1.04. The normalized spacial score (nSPS) is 15.6. The largest absolute Gasteiger partial charge is 0.0985 e. The molecular formula is C17H18. The number of benzene rings is 1. The minimum absolute atomic E-state index is 1.15. The summed E-state index contributed by atoms with van der Waals surface area (Å²) in [5.41, 5.74) is 5.05. The summed E-state index contributed by atoms with van der Waals surface area (Å²) in [6.45, 7) is 5.90. The van der Waals surface area contributed by atoms with E-state index in [2.05, 4.69) is 55.1 Å². The third-order valence-electron chi connectivity index (χ3n) is 3.06. The van der Waals surface area contributed by atoms with E-state index in [0.29, 0.717) is 0 Å². The van der Waals surface area contributed by atoms with Gasteiger partial charge < -0.3 is 0 Å². The number of hydrogen-bond donors (Lipinski definition) is 0. The number of allylic oxidation sites excluding steroid dienone is 7. The van der Waals surface area contributed by atoms with Gasteiger partial charge in [-0.3, -0.25) is 0 Å². The fraction of sp³-hybridized carbons (Fsp3) is 0.176. The number of hydrogen-bond acceptors (Lipinski definition) is 0. The first kappa shape index (κ1) is 11.7. The smallest absolute Gasteiger partial charge is 0.0181 e. The Kier molecular flexibility index (Phi) is 3.77. The van der Waals surface area contributed by atoms with E-state index >= 15 is 0 Å². The zero-order valence-electron chi connectivity index (χ0n) is 10.3. The van der Waals surface area contributed by atoms with Crippen LogP contribution in [-0.2, 0) is 0 Å². The minimum atomic E-state index is 1.15. The molecule has 0 radical (unpaired) electrons. The van der Waals surface area contributed by atoms with Crippen molar-refractivity contribution in [3.63, 3.8) is 0 Å². The standard InChI is InChI=1S/C17H18/c1-3-14(4-2)16-11-8-12-17(13-16)15-9-6-5-7-10-15/h3-4,6,8-13H,1,5,7H2,2H3/b14-4+. The van der Waals surface area contributed by atoms with Crippen molar-refractivity contribution in [3.8, 4) is 0 Å². The average Bonchev–Trinajstić information content (AvgIpc) is 2.42. The molecule has 0 aliphatic heterocycles. The maximum atomic E-state index is 3.85. The van der Waals surface area contributed by atoms with E-state index in [1.165, 1.54) is 22.3 Å². The molecule has 0 heteroatoms. The Morgan fingerprint density at radius 1 is 1.29 bits per heavy atom. The van der Waals surface area contributed by atoms with Gasteiger partial charge in [-0.2, -0.15) is 0 Å². The lowest BCUT2D eigenvalue weighted by Gasteiger charge is -2.09. The quantitative estimate of drug-likeness (QED) is 0.631. The van der Waals surface area contributed by atoms with Crippen LogP contribution in [0.25, 0.3) is 11.1 Å². The Bertz CT molecular complexity index is 499. The first-order chi connectivity index (χ1) is 8.35. The van der Waals surface area contributed by atoms with Gasteiger partial charge in [0, 0.05) is 0 Å². The first-order valence-electron chi connectivity index (χ1n) is 6.11. The molecule has 1 aromatic rings. The molecule has 0 saturated carbocycles. The van der Waals surface area contributed by atoms with Crippen LogP contribution in [0.1, 0.15) is 30.9 Å². The molecule has 0 spiro atoms. The van der Waals surface area contributed by atoms with Crippen LogP contribution < -0.4 is 0 Å². The van der Waals surface area contributed by atoms with Crippen LogP contribution in [0, 0.1) is 0 Å². The van der Waals surface area contributed by atoms with E-state index in [1.807, 2.05) is 13.0 Å². The maximum absolute atomic E-state index is 3.85. The lowest BCUT2D eigenvalue weighted by Crippen LogP contribution is -1.88. The van der Waals surface area contributed by atoms with Crippen molar-refractivity contribution in [2.45, 2.75) is 19.8 Å². The molecule has 0 heterocycles. The summed E-state index contributed by atoms with van der Waals surface area (Å²) < 4.78 is 0. The third kappa shape index (κ3) is 2.65. The summed E-state index contributed by atoms with van der Waals surface area (Å²) in [7, 11) is 0. The summed E-state index contributed by atoms with van der Waals surface area (Å²) in [5, 5.41) is 0. The second kappa shape index (κ2) is 5.49. The van der Waals surface area contributed by atoms with Crippen molar-refractivity contribution in [1.29, 1.82) is 0 Å². The molecule has 1 aliphatic rings. The van der Waals surface area contributed by atoms with Gasteiger partial charge in [0.2, 0.25) is 0 Å². The molecular weight excluding hydrogens is 204 g/mol. The zero-order chi connectivity index (χ0) is 12.1. The fourth-order valence-corrected chi connectivity index (χ4v) is 2.11. The van der Waals surface area contributed by atoms with E-state index in [0.717, 1.165) is 12.8 Å². The monoisotopic (exact) mass is 222 g/mol. The van der Waals surface area contributed by atoms with Crippen LogP contribution in [0.4, 0.5) is 0 Å². The SMILES string of the molecule is C=C/C(=C\C)c1cccc(C2=CCCC=C2)c1. The van der Waals surface area contributed by atoms with Crippen molar-refractivity contribution in [3.05, 3.63) is 72.4 Å². The van der Waals surface area contributed by atoms with E-state index < -0.39 is 0 Å². The van der Waals surface area contributed by atoms with Gasteiger partial charge in [-0.15, -0.1) is 0 Å². The van der Waals surface area contributed by atoms with Crippen LogP contribution in [0.15, 0.2) is 61.2 Å². The second-order valence-corrected chi connectivity index (χ2v) is 4.17. The summed E-state index contributed by atoms with van der Waals surface area (Å²) in [5.74, 6) is 0. The third-order valence-corrected chi connectivity index (χ3v) is 3.06. The second-order valence-electron chi connectivity index (χ2n) is 4.17. The molecule has 0 atom stereocenters. The van der Waals surface area contributed by atoms with Gasteiger partial charge in [-0.1, -0.05) is 55.2 Å². The molecule has 1 aliphatic carbocycles. The molecule has 0 bridgehead atoms. The summed E-state index contributed by atoms with van der Waals surface area (Å²) in [6, 6.07) is 8.65. The van der Waals surface area contributed by atoms with E-state index in [9.17, 15) is 0 Å². The van der Waals surface area contributed by atoms with Gasteiger partial charge in [0.1, 0.15) is 0 Å². The Labute approximate surface area is 104 Å². The van der Waals surface area contributed by atoms with Crippen LogP contribution >= 0.6 is 0 Å². The molecule has 86 valence electrons. The maximum Gasteiger partial charge on any atom is -0.0181 e. The van der Waals surface area contributed by atoms with Crippen LogP contribution in [0.2, 0.25) is 0 Å². The molecule has 0 N–H and O–H groups in total. The zero-order valence-corrected chi connectivity index (χ0v) is 10.3. The molecule has 0 aromatic heterocycles. The predicted octanol–water partition coefficient (Wildman–Crippen LogP) is 5.01. The molecule has 0 unspecified atom stereocenters. The van der Waals surface area contributed by atoms with Crippen molar-refractivity contribution >= 4 is 11.1 Å². The molecule has 0 amide bonds. The van der Waals surface area contributed by atoms with E-state index in [1.54, 1.807) is 0 Å².